The lowest BCUT2D eigenvalue weighted by molar-refractivity contribution is 0.591. The minimum Gasteiger partial charge on any atom is -0.354 e. The molecule has 1 aromatic heterocycles. The van der Waals surface area contributed by atoms with Gasteiger partial charge in [0, 0.05) is 26.2 Å². The van der Waals surface area contributed by atoms with E-state index in [1.54, 1.807) is 6.33 Å². The first-order valence-electron chi connectivity index (χ1n) is 7.18. The van der Waals surface area contributed by atoms with Gasteiger partial charge in [-0.2, -0.15) is 4.98 Å². The summed E-state index contributed by atoms with van der Waals surface area (Å²) in [5.41, 5.74) is 0. The third-order valence-electron chi connectivity index (χ3n) is 3.49. The number of aromatic nitrogens is 3. The molecule has 0 aliphatic carbocycles. The van der Waals surface area contributed by atoms with Crippen LogP contribution in [0.1, 0.15) is 26.7 Å². The molecule has 0 aromatic carbocycles. The molecule has 1 aliphatic heterocycles. The van der Waals surface area contributed by atoms with Crippen molar-refractivity contribution in [3.8, 4) is 0 Å². The molecule has 0 spiro atoms. The number of hydrogen-bond acceptors (Lipinski definition) is 6. The SMILES string of the molecule is CCC(C)CNc1ncnc(N2CCCNCC2)n1. The normalized spacial score (nSPS) is 17.9. The van der Waals surface area contributed by atoms with Gasteiger partial charge in [-0.1, -0.05) is 20.3 Å². The summed E-state index contributed by atoms with van der Waals surface area (Å²) < 4.78 is 0. The van der Waals surface area contributed by atoms with Gasteiger partial charge in [-0.15, -0.1) is 0 Å². The van der Waals surface area contributed by atoms with Crippen LogP contribution in [-0.2, 0) is 0 Å². The van der Waals surface area contributed by atoms with Gasteiger partial charge in [0.2, 0.25) is 11.9 Å². The summed E-state index contributed by atoms with van der Waals surface area (Å²) >= 11 is 0. The average Bonchev–Trinajstić information content (AvgIpc) is 2.74. The number of nitrogens with one attached hydrogen (secondary N) is 2. The van der Waals surface area contributed by atoms with Crippen molar-refractivity contribution in [1.82, 2.24) is 20.3 Å². The second-order valence-corrected chi connectivity index (χ2v) is 5.09. The van der Waals surface area contributed by atoms with Gasteiger partial charge in [0.1, 0.15) is 6.33 Å². The predicted octanol–water partition coefficient (Wildman–Crippen LogP) is 1.13. The minimum absolute atomic E-state index is 0.627. The molecule has 1 aromatic rings. The van der Waals surface area contributed by atoms with Crippen LogP contribution in [0.5, 0.6) is 0 Å². The average molecular weight is 264 g/mol. The molecular weight excluding hydrogens is 240 g/mol. The molecule has 0 bridgehead atoms. The predicted molar refractivity (Wildman–Crippen MR) is 77.5 cm³/mol. The van der Waals surface area contributed by atoms with Crippen molar-refractivity contribution in [2.24, 2.45) is 5.92 Å². The number of anilines is 2. The first-order chi connectivity index (χ1) is 9.29. The molecule has 19 heavy (non-hydrogen) atoms. The van der Waals surface area contributed by atoms with Crippen molar-refractivity contribution in [2.75, 3.05) is 42.9 Å². The fourth-order valence-corrected chi connectivity index (χ4v) is 1.98. The van der Waals surface area contributed by atoms with E-state index in [4.69, 9.17) is 0 Å². The van der Waals surface area contributed by atoms with Gasteiger partial charge >= 0.3 is 0 Å². The monoisotopic (exact) mass is 264 g/mol. The van der Waals surface area contributed by atoms with E-state index >= 15 is 0 Å². The summed E-state index contributed by atoms with van der Waals surface area (Å²) in [4.78, 5) is 15.2. The van der Waals surface area contributed by atoms with Gasteiger partial charge in [0.25, 0.3) is 0 Å². The Hall–Kier alpha value is -1.43. The van der Waals surface area contributed by atoms with Gasteiger partial charge in [-0.3, -0.25) is 0 Å². The second kappa shape index (κ2) is 7.23. The highest BCUT2D eigenvalue weighted by Gasteiger charge is 2.12. The van der Waals surface area contributed by atoms with Crippen LogP contribution < -0.4 is 15.5 Å². The Morgan fingerprint density at radius 1 is 1.37 bits per heavy atom. The lowest BCUT2D eigenvalue weighted by Crippen LogP contribution is -2.29. The van der Waals surface area contributed by atoms with Crippen LogP contribution in [0.2, 0.25) is 0 Å². The van der Waals surface area contributed by atoms with Gasteiger partial charge in [-0.05, 0) is 18.9 Å². The van der Waals surface area contributed by atoms with Crippen molar-refractivity contribution in [2.45, 2.75) is 26.7 Å². The summed E-state index contributed by atoms with van der Waals surface area (Å²) in [6.45, 7) is 9.32. The van der Waals surface area contributed by atoms with Crippen LogP contribution in [0.4, 0.5) is 11.9 Å². The van der Waals surface area contributed by atoms with E-state index in [9.17, 15) is 0 Å². The van der Waals surface area contributed by atoms with E-state index in [0.717, 1.165) is 51.5 Å². The second-order valence-electron chi connectivity index (χ2n) is 5.09. The Morgan fingerprint density at radius 3 is 3.11 bits per heavy atom. The van der Waals surface area contributed by atoms with Crippen LogP contribution in [-0.4, -0.2) is 47.7 Å². The van der Waals surface area contributed by atoms with E-state index in [-0.39, 0.29) is 0 Å². The van der Waals surface area contributed by atoms with Crippen molar-refractivity contribution in [1.29, 1.82) is 0 Å². The molecule has 2 N–H and O–H groups in total. The van der Waals surface area contributed by atoms with Crippen LogP contribution >= 0.6 is 0 Å². The number of rotatable bonds is 5. The van der Waals surface area contributed by atoms with E-state index in [2.05, 4.69) is 44.3 Å². The first kappa shape index (κ1) is 14.0. The smallest absolute Gasteiger partial charge is 0.230 e. The quantitative estimate of drug-likeness (QED) is 0.831. The molecule has 6 heteroatoms. The zero-order valence-corrected chi connectivity index (χ0v) is 11.9. The lowest BCUT2D eigenvalue weighted by Gasteiger charge is -2.20. The van der Waals surface area contributed by atoms with Crippen LogP contribution in [0, 0.1) is 5.92 Å². The highest BCUT2D eigenvalue weighted by Crippen LogP contribution is 2.10. The molecule has 2 heterocycles. The van der Waals surface area contributed by atoms with Crippen LogP contribution in [0.25, 0.3) is 0 Å². The molecule has 1 fully saturated rings. The van der Waals surface area contributed by atoms with Gasteiger partial charge in [0.15, 0.2) is 0 Å². The molecule has 0 radical (unpaired) electrons. The maximum absolute atomic E-state index is 4.51. The summed E-state index contributed by atoms with van der Waals surface area (Å²) in [6.07, 6.45) is 3.88. The molecule has 1 aliphatic rings. The Labute approximate surface area is 115 Å². The van der Waals surface area contributed by atoms with Crippen LogP contribution in [0.15, 0.2) is 6.33 Å². The third-order valence-corrected chi connectivity index (χ3v) is 3.49. The number of hydrogen-bond donors (Lipinski definition) is 2. The zero-order chi connectivity index (χ0) is 13.5. The molecule has 2 rings (SSSR count). The highest BCUT2D eigenvalue weighted by atomic mass is 15.3. The largest absolute Gasteiger partial charge is 0.354 e. The highest BCUT2D eigenvalue weighted by molar-refractivity contribution is 5.35. The van der Waals surface area contributed by atoms with E-state index < -0.39 is 0 Å². The molecule has 0 amide bonds. The fourth-order valence-electron chi connectivity index (χ4n) is 1.98. The van der Waals surface area contributed by atoms with Gasteiger partial charge < -0.3 is 15.5 Å². The van der Waals surface area contributed by atoms with Crippen LogP contribution in [0.3, 0.4) is 0 Å². The van der Waals surface area contributed by atoms with Crippen molar-refractivity contribution < 1.29 is 0 Å². The molecule has 1 atom stereocenters. The van der Waals surface area contributed by atoms with E-state index in [0.29, 0.717) is 11.9 Å². The summed E-state index contributed by atoms with van der Waals surface area (Å²) in [5, 5.41) is 6.67. The lowest BCUT2D eigenvalue weighted by atomic mass is 10.1. The Bertz CT molecular complexity index is 375. The number of nitrogens with zero attached hydrogens (tertiary/aromatic N) is 4. The standard InChI is InChI=1S/C13H24N6/c1-3-11(2)9-15-12-16-10-17-13(18-12)19-7-4-5-14-6-8-19/h10-11,14H,3-9H2,1-2H3,(H,15,16,17,18). The van der Waals surface area contributed by atoms with Crippen molar-refractivity contribution in [3.05, 3.63) is 6.33 Å². The third kappa shape index (κ3) is 4.31. The molecule has 1 unspecified atom stereocenters. The molecular formula is C13H24N6. The van der Waals surface area contributed by atoms with Crippen molar-refractivity contribution in [3.63, 3.8) is 0 Å². The topological polar surface area (TPSA) is 66.0 Å². The summed E-state index contributed by atoms with van der Waals surface area (Å²) in [5.74, 6) is 2.09. The zero-order valence-electron chi connectivity index (χ0n) is 11.9. The molecule has 1 saturated heterocycles. The van der Waals surface area contributed by atoms with Gasteiger partial charge in [0.05, 0.1) is 0 Å². The summed E-state index contributed by atoms with van der Waals surface area (Å²) in [7, 11) is 0. The van der Waals surface area contributed by atoms with Crippen molar-refractivity contribution >= 4 is 11.9 Å². The molecule has 6 nitrogen and oxygen atoms in total. The minimum atomic E-state index is 0.627. The molecule has 0 saturated carbocycles. The van der Waals surface area contributed by atoms with E-state index in [1.807, 2.05) is 0 Å². The summed E-state index contributed by atoms with van der Waals surface area (Å²) in [6, 6.07) is 0. The maximum atomic E-state index is 4.51. The van der Waals surface area contributed by atoms with Gasteiger partial charge in [-0.25, -0.2) is 9.97 Å². The Kier molecular flexibility index (Phi) is 5.32. The van der Waals surface area contributed by atoms with E-state index in [1.165, 1.54) is 0 Å². The maximum Gasteiger partial charge on any atom is 0.230 e. The Balaban J connectivity index is 1.97. The fraction of sp³-hybridized carbons (Fsp3) is 0.769. The molecule has 106 valence electrons. The first-order valence-corrected chi connectivity index (χ1v) is 7.18. The Morgan fingerprint density at radius 2 is 2.26 bits per heavy atom.